The maximum Gasteiger partial charge on any atom is 0.256 e. The van der Waals surface area contributed by atoms with Gasteiger partial charge in [-0.3, -0.25) is 9.59 Å². The molecule has 0 aromatic heterocycles. The van der Waals surface area contributed by atoms with Gasteiger partial charge < -0.3 is 10.6 Å². The smallest absolute Gasteiger partial charge is 0.256 e. The Morgan fingerprint density at radius 2 is 1.87 bits per heavy atom. The second kappa shape index (κ2) is 7.69. The molecule has 0 saturated heterocycles. The molecule has 2 aromatic carbocycles. The Labute approximate surface area is 141 Å². The van der Waals surface area contributed by atoms with Gasteiger partial charge in [0, 0.05) is 11.0 Å². The van der Waals surface area contributed by atoms with Gasteiger partial charge in [0.05, 0.1) is 16.8 Å². The van der Waals surface area contributed by atoms with Gasteiger partial charge in [-0.1, -0.05) is 18.2 Å². The van der Waals surface area contributed by atoms with Crippen molar-refractivity contribution in [3.8, 4) is 0 Å². The highest BCUT2D eigenvalue weighted by molar-refractivity contribution is 9.10. The number of rotatable bonds is 5. The van der Waals surface area contributed by atoms with Crippen molar-refractivity contribution < 1.29 is 14.0 Å². The van der Waals surface area contributed by atoms with Crippen molar-refractivity contribution in [2.45, 2.75) is 0 Å². The van der Waals surface area contributed by atoms with E-state index < -0.39 is 11.7 Å². The number of halogens is 2. The van der Waals surface area contributed by atoms with E-state index in [0.29, 0.717) is 22.3 Å². The highest BCUT2D eigenvalue weighted by atomic mass is 79.9. The summed E-state index contributed by atoms with van der Waals surface area (Å²) in [4.78, 5) is 24.4. The first-order chi connectivity index (χ1) is 11.0. The summed E-state index contributed by atoms with van der Waals surface area (Å²) in [5, 5.41) is 5.27. The van der Waals surface area contributed by atoms with Gasteiger partial charge in [0.2, 0.25) is 0 Å². The Hall–Kier alpha value is -2.47. The van der Waals surface area contributed by atoms with Gasteiger partial charge in [0.25, 0.3) is 11.8 Å². The van der Waals surface area contributed by atoms with Gasteiger partial charge in [-0.25, -0.2) is 4.39 Å². The molecule has 0 aliphatic heterocycles. The number of hydrogen-bond donors (Lipinski definition) is 2. The van der Waals surface area contributed by atoms with Crippen LogP contribution >= 0.6 is 15.9 Å². The molecule has 2 rings (SSSR count). The summed E-state index contributed by atoms with van der Waals surface area (Å²) in [6, 6.07) is 10.4. The van der Waals surface area contributed by atoms with Crippen LogP contribution in [0.3, 0.4) is 0 Å². The van der Waals surface area contributed by atoms with Crippen molar-refractivity contribution in [3.63, 3.8) is 0 Å². The average molecular weight is 377 g/mol. The molecule has 6 heteroatoms. The minimum atomic E-state index is -0.518. The zero-order chi connectivity index (χ0) is 16.8. The van der Waals surface area contributed by atoms with Crippen molar-refractivity contribution in [1.29, 1.82) is 0 Å². The van der Waals surface area contributed by atoms with Crippen LogP contribution in [0.15, 0.2) is 59.6 Å². The summed E-state index contributed by atoms with van der Waals surface area (Å²) in [7, 11) is 0. The molecule has 2 aromatic rings. The lowest BCUT2D eigenvalue weighted by Gasteiger charge is -2.11. The Kier molecular flexibility index (Phi) is 5.65. The van der Waals surface area contributed by atoms with Gasteiger partial charge in [0.1, 0.15) is 5.82 Å². The molecular formula is C17H14BrFN2O2. The molecule has 0 atom stereocenters. The number of hydrogen-bond acceptors (Lipinski definition) is 2. The van der Waals surface area contributed by atoms with E-state index in [9.17, 15) is 14.0 Å². The molecule has 4 nitrogen and oxygen atoms in total. The molecule has 23 heavy (non-hydrogen) atoms. The van der Waals surface area contributed by atoms with Crippen LogP contribution in [0.25, 0.3) is 0 Å². The van der Waals surface area contributed by atoms with Crippen molar-refractivity contribution >= 4 is 33.4 Å². The van der Waals surface area contributed by atoms with E-state index in [2.05, 4.69) is 33.1 Å². The Bertz CT molecular complexity index is 762. The largest absolute Gasteiger partial charge is 0.349 e. The standard InChI is InChI=1S/C17H14BrFN2O2/c1-2-9-20-16(22)12-5-3-4-6-15(12)21-17(23)13-10-11(19)7-8-14(13)18/h2-8,10H,1,9H2,(H,20,22)(H,21,23). The Morgan fingerprint density at radius 1 is 1.13 bits per heavy atom. The van der Waals surface area contributed by atoms with E-state index in [0.717, 1.165) is 6.07 Å². The average Bonchev–Trinajstić information content (AvgIpc) is 2.55. The summed E-state index contributed by atoms with van der Waals surface area (Å²) >= 11 is 3.21. The molecule has 0 radical (unpaired) electrons. The highest BCUT2D eigenvalue weighted by Crippen LogP contribution is 2.21. The summed E-state index contributed by atoms with van der Waals surface area (Å²) in [5.41, 5.74) is 0.803. The second-order valence-corrected chi connectivity index (χ2v) is 5.48. The quantitative estimate of drug-likeness (QED) is 0.780. The van der Waals surface area contributed by atoms with E-state index in [4.69, 9.17) is 0 Å². The van der Waals surface area contributed by atoms with Crippen LogP contribution in [0, 0.1) is 5.82 Å². The highest BCUT2D eigenvalue weighted by Gasteiger charge is 2.15. The summed E-state index contributed by atoms with van der Waals surface area (Å²) in [6.07, 6.45) is 1.56. The first-order valence-corrected chi connectivity index (χ1v) is 7.56. The minimum absolute atomic E-state index is 0.145. The summed E-state index contributed by atoms with van der Waals surface area (Å²) < 4.78 is 13.8. The van der Waals surface area contributed by atoms with Crippen molar-refractivity contribution in [2.24, 2.45) is 0 Å². The topological polar surface area (TPSA) is 58.2 Å². The number of carbonyl (C=O) groups excluding carboxylic acids is 2. The molecular weight excluding hydrogens is 363 g/mol. The number of benzene rings is 2. The maximum absolute atomic E-state index is 13.3. The summed E-state index contributed by atoms with van der Waals surface area (Å²) in [6.45, 7) is 3.85. The predicted octanol–water partition coefficient (Wildman–Crippen LogP) is 3.76. The fraction of sp³-hybridized carbons (Fsp3) is 0.0588. The molecule has 0 bridgehead atoms. The lowest BCUT2D eigenvalue weighted by atomic mass is 10.1. The molecule has 0 spiro atoms. The van der Waals surface area contributed by atoms with Crippen LogP contribution in [-0.2, 0) is 0 Å². The van der Waals surface area contributed by atoms with E-state index in [1.54, 1.807) is 30.3 Å². The van der Waals surface area contributed by atoms with E-state index in [-0.39, 0.29) is 11.5 Å². The van der Waals surface area contributed by atoms with Gasteiger partial charge in [-0.15, -0.1) is 6.58 Å². The molecule has 0 fully saturated rings. The van der Waals surface area contributed by atoms with Gasteiger partial charge in [-0.05, 0) is 46.3 Å². The Balaban J connectivity index is 2.26. The van der Waals surface area contributed by atoms with Gasteiger partial charge >= 0.3 is 0 Å². The van der Waals surface area contributed by atoms with E-state index in [1.165, 1.54) is 12.1 Å². The molecule has 0 unspecified atom stereocenters. The lowest BCUT2D eigenvalue weighted by Crippen LogP contribution is -2.25. The molecule has 2 amide bonds. The third-order valence-electron chi connectivity index (χ3n) is 3.00. The van der Waals surface area contributed by atoms with Crippen molar-refractivity contribution in [2.75, 3.05) is 11.9 Å². The molecule has 0 heterocycles. The zero-order valence-corrected chi connectivity index (χ0v) is 13.7. The monoisotopic (exact) mass is 376 g/mol. The van der Waals surface area contributed by atoms with Crippen molar-refractivity contribution in [3.05, 3.63) is 76.5 Å². The first kappa shape index (κ1) is 16.9. The Morgan fingerprint density at radius 3 is 2.61 bits per heavy atom. The first-order valence-electron chi connectivity index (χ1n) is 6.77. The van der Waals surface area contributed by atoms with Crippen molar-refractivity contribution in [1.82, 2.24) is 5.32 Å². The number of carbonyl (C=O) groups is 2. The van der Waals surface area contributed by atoms with Gasteiger partial charge in [0.15, 0.2) is 0 Å². The number of para-hydroxylation sites is 1. The number of nitrogens with one attached hydrogen (secondary N) is 2. The maximum atomic E-state index is 13.3. The third kappa shape index (κ3) is 4.26. The zero-order valence-electron chi connectivity index (χ0n) is 12.1. The normalized spacial score (nSPS) is 10.0. The van der Waals surface area contributed by atoms with Crippen LogP contribution < -0.4 is 10.6 Å². The van der Waals surface area contributed by atoms with Gasteiger partial charge in [-0.2, -0.15) is 0 Å². The van der Waals surface area contributed by atoms with Crippen LogP contribution in [-0.4, -0.2) is 18.4 Å². The molecule has 118 valence electrons. The number of anilines is 1. The molecule has 0 aliphatic rings. The number of amides is 2. The third-order valence-corrected chi connectivity index (χ3v) is 3.69. The summed E-state index contributed by atoms with van der Waals surface area (Å²) in [5.74, 6) is -1.37. The van der Waals surface area contributed by atoms with Crippen LogP contribution in [0.2, 0.25) is 0 Å². The minimum Gasteiger partial charge on any atom is -0.349 e. The van der Waals surface area contributed by atoms with Crippen LogP contribution in [0.1, 0.15) is 20.7 Å². The second-order valence-electron chi connectivity index (χ2n) is 4.62. The predicted molar refractivity (Wildman–Crippen MR) is 91.0 cm³/mol. The van der Waals surface area contributed by atoms with E-state index >= 15 is 0 Å². The fourth-order valence-electron chi connectivity index (χ4n) is 1.91. The lowest BCUT2D eigenvalue weighted by molar-refractivity contribution is 0.0959. The van der Waals surface area contributed by atoms with Crippen LogP contribution in [0.4, 0.5) is 10.1 Å². The molecule has 2 N–H and O–H groups in total. The van der Waals surface area contributed by atoms with E-state index in [1.807, 2.05) is 0 Å². The molecule has 0 saturated carbocycles. The SMILES string of the molecule is C=CCNC(=O)c1ccccc1NC(=O)c1cc(F)ccc1Br. The molecule has 0 aliphatic carbocycles. The fourth-order valence-corrected chi connectivity index (χ4v) is 2.34. The van der Waals surface area contributed by atoms with Crippen LogP contribution in [0.5, 0.6) is 0 Å².